The van der Waals surface area contributed by atoms with E-state index in [9.17, 15) is 9.59 Å². The Hall–Kier alpha value is -1.82. The third-order valence-corrected chi connectivity index (χ3v) is 3.32. The van der Waals surface area contributed by atoms with Crippen LogP contribution in [-0.2, 0) is 4.79 Å². The van der Waals surface area contributed by atoms with Gasteiger partial charge in [0.1, 0.15) is 11.6 Å². The van der Waals surface area contributed by atoms with Gasteiger partial charge in [-0.1, -0.05) is 15.9 Å². The molecule has 1 aromatic carbocycles. The number of fused-ring (bicyclic) bond motifs is 1. The fourth-order valence-electron chi connectivity index (χ4n) is 1.73. The van der Waals surface area contributed by atoms with E-state index in [1.807, 2.05) is 12.1 Å². The minimum absolute atomic E-state index is 0.140. The van der Waals surface area contributed by atoms with E-state index >= 15 is 0 Å². The molecular formula is C13H12BrNO4. The number of hydrogen-bond donors (Lipinski definition) is 2. The predicted molar refractivity (Wildman–Crippen MR) is 73.2 cm³/mol. The predicted octanol–water partition coefficient (Wildman–Crippen LogP) is 2.71. The zero-order valence-electron chi connectivity index (χ0n) is 10.4. The van der Waals surface area contributed by atoms with E-state index in [2.05, 4.69) is 21.2 Å². The van der Waals surface area contributed by atoms with Crippen molar-refractivity contribution in [3.63, 3.8) is 0 Å². The first-order chi connectivity index (χ1) is 8.90. The van der Waals surface area contributed by atoms with Gasteiger partial charge < -0.3 is 14.8 Å². The molecule has 1 amide bonds. The summed E-state index contributed by atoms with van der Waals surface area (Å²) in [6.07, 6.45) is 0. The number of nitrogens with one attached hydrogen (secondary N) is 1. The third kappa shape index (κ3) is 2.63. The van der Waals surface area contributed by atoms with Crippen LogP contribution < -0.4 is 5.32 Å². The van der Waals surface area contributed by atoms with Gasteiger partial charge in [-0.3, -0.25) is 9.59 Å². The molecule has 0 aliphatic rings. The van der Waals surface area contributed by atoms with Crippen LogP contribution in [0, 0.1) is 6.92 Å². The molecule has 0 unspecified atom stereocenters. The zero-order chi connectivity index (χ0) is 14.2. The highest BCUT2D eigenvalue weighted by Gasteiger charge is 2.21. The normalized spacial score (nSPS) is 12.4. The Morgan fingerprint density at radius 1 is 1.42 bits per heavy atom. The lowest BCUT2D eigenvalue weighted by Crippen LogP contribution is -2.38. The SMILES string of the molecule is Cc1c(C(=O)N[C@H](C)C(=O)O)oc2ccc(Br)cc12. The summed E-state index contributed by atoms with van der Waals surface area (Å²) in [6, 6.07) is 4.45. The van der Waals surface area contributed by atoms with Crippen molar-refractivity contribution in [1.82, 2.24) is 5.32 Å². The van der Waals surface area contributed by atoms with E-state index in [-0.39, 0.29) is 5.76 Å². The van der Waals surface area contributed by atoms with Gasteiger partial charge in [0, 0.05) is 15.4 Å². The number of carbonyl (C=O) groups is 2. The van der Waals surface area contributed by atoms with Crippen LogP contribution in [0.1, 0.15) is 23.0 Å². The summed E-state index contributed by atoms with van der Waals surface area (Å²) in [6.45, 7) is 3.16. The zero-order valence-corrected chi connectivity index (χ0v) is 11.9. The number of aryl methyl sites for hydroxylation is 1. The van der Waals surface area contributed by atoms with Gasteiger partial charge in [0.2, 0.25) is 0 Å². The molecule has 0 spiro atoms. The van der Waals surface area contributed by atoms with Crippen molar-refractivity contribution in [2.75, 3.05) is 0 Å². The summed E-state index contributed by atoms with van der Waals surface area (Å²) in [7, 11) is 0. The summed E-state index contributed by atoms with van der Waals surface area (Å²) < 4.78 is 6.35. The molecule has 1 heterocycles. The highest BCUT2D eigenvalue weighted by Crippen LogP contribution is 2.27. The van der Waals surface area contributed by atoms with Gasteiger partial charge in [-0.2, -0.15) is 0 Å². The molecule has 1 atom stereocenters. The van der Waals surface area contributed by atoms with Crippen LogP contribution in [0.25, 0.3) is 11.0 Å². The highest BCUT2D eigenvalue weighted by molar-refractivity contribution is 9.10. The quantitative estimate of drug-likeness (QED) is 0.909. The average Bonchev–Trinajstić information content (AvgIpc) is 2.66. The second-order valence-electron chi connectivity index (χ2n) is 4.23. The molecule has 6 heteroatoms. The van der Waals surface area contributed by atoms with Crippen LogP contribution in [0.5, 0.6) is 0 Å². The largest absolute Gasteiger partial charge is 0.480 e. The molecule has 2 aromatic rings. The number of carboxylic acids is 1. The van der Waals surface area contributed by atoms with E-state index in [0.717, 1.165) is 9.86 Å². The number of carbonyl (C=O) groups excluding carboxylic acids is 1. The van der Waals surface area contributed by atoms with Gasteiger partial charge in [0.25, 0.3) is 5.91 Å². The molecule has 100 valence electrons. The first-order valence-electron chi connectivity index (χ1n) is 5.62. The minimum atomic E-state index is -1.09. The number of amides is 1. The lowest BCUT2D eigenvalue weighted by molar-refractivity contribution is -0.138. The maximum absolute atomic E-state index is 12.0. The first-order valence-corrected chi connectivity index (χ1v) is 6.41. The highest BCUT2D eigenvalue weighted by atomic mass is 79.9. The van der Waals surface area contributed by atoms with E-state index in [0.29, 0.717) is 11.1 Å². The summed E-state index contributed by atoms with van der Waals surface area (Å²) in [4.78, 5) is 22.7. The second-order valence-corrected chi connectivity index (χ2v) is 5.15. The van der Waals surface area contributed by atoms with Gasteiger partial charge in [-0.15, -0.1) is 0 Å². The Kier molecular flexibility index (Phi) is 3.61. The number of carboxylic acid groups (broad SMARTS) is 1. The van der Waals surface area contributed by atoms with Crippen molar-refractivity contribution >= 4 is 38.8 Å². The topological polar surface area (TPSA) is 79.5 Å². The van der Waals surface area contributed by atoms with Gasteiger partial charge >= 0.3 is 5.97 Å². The summed E-state index contributed by atoms with van der Waals surface area (Å²) in [5.74, 6) is -1.48. The fourth-order valence-corrected chi connectivity index (χ4v) is 2.09. The van der Waals surface area contributed by atoms with Crippen LogP contribution in [0.15, 0.2) is 27.1 Å². The summed E-state index contributed by atoms with van der Waals surface area (Å²) in [5.41, 5.74) is 1.28. The van der Waals surface area contributed by atoms with E-state index in [4.69, 9.17) is 9.52 Å². The number of rotatable bonds is 3. The second kappa shape index (κ2) is 5.05. The van der Waals surface area contributed by atoms with Gasteiger partial charge in [0.15, 0.2) is 5.76 Å². The average molecular weight is 326 g/mol. The Morgan fingerprint density at radius 3 is 2.74 bits per heavy atom. The van der Waals surface area contributed by atoms with Crippen molar-refractivity contribution in [1.29, 1.82) is 0 Å². The fraction of sp³-hybridized carbons (Fsp3) is 0.231. The van der Waals surface area contributed by atoms with E-state index < -0.39 is 17.9 Å². The standard InChI is InChI=1S/C13H12BrNO4/c1-6-9-5-8(14)3-4-10(9)19-11(6)12(16)15-7(2)13(17)18/h3-5,7H,1-2H3,(H,15,16)(H,17,18)/t7-/m1/s1. The van der Waals surface area contributed by atoms with Gasteiger partial charge in [-0.25, -0.2) is 0 Å². The van der Waals surface area contributed by atoms with Crippen LogP contribution in [0.2, 0.25) is 0 Å². The molecule has 0 saturated heterocycles. The Balaban J connectivity index is 2.37. The number of aliphatic carboxylic acids is 1. The molecule has 2 rings (SSSR count). The molecular weight excluding hydrogens is 314 g/mol. The van der Waals surface area contributed by atoms with Crippen molar-refractivity contribution in [3.05, 3.63) is 34.0 Å². The number of furan rings is 1. The molecule has 0 fully saturated rings. The smallest absolute Gasteiger partial charge is 0.325 e. The van der Waals surface area contributed by atoms with Crippen LogP contribution in [0.3, 0.4) is 0 Å². The summed E-state index contributed by atoms with van der Waals surface area (Å²) in [5, 5.41) is 12.0. The van der Waals surface area contributed by atoms with Gasteiger partial charge in [0.05, 0.1) is 0 Å². The first kappa shape index (κ1) is 13.6. The Labute approximate surface area is 117 Å². The Bertz CT molecular complexity index is 662. The molecule has 2 N–H and O–H groups in total. The third-order valence-electron chi connectivity index (χ3n) is 2.82. The molecule has 5 nitrogen and oxygen atoms in total. The molecule has 0 aliphatic carbocycles. The van der Waals surface area contributed by atoms with Crippen LogP contribution in [0.4, 0.5) is 0 Å². The summed E-state index contributed by atoms with van der Waals surface area (Å²) >= 11 is 3.35. The van der Waals surface area contributed by atoms with Crippen molar-refractivity contribution in [3.8, 4) is 0 Å². The number of hydrogen-bond acceptors (Lipinski definition) is 3. The lowest BCUT2D eigenvalue weighted by Gasteiger charge is -2.07. The number of halogens is 1. The van der Waals surface area contributed by atoms with Gasteiger partial charge in [-0.05, 0) is 32.0 Å². The molecule has 0 radical (unpaired) electrons. The molecule has 19 heavy (non-hydrogen) atoms. The monoisotopic (exact) mass is 325 g/mol. The molecule has 0 aliphatic heterocycles. The van der Waals surface area contributed by atoms with E-state index in [1.165, 1.54) is 6.92 Å². The maximum atomic E-state index is 12.0. The van der Waals surface area contributed by atoms with Crippen molar-refractivity contribution in [2.45, 2.75) is 19.9 Å². The van der Waals surface area contributed by atoms with Crippen molar-refractivity contribution < 1.29 is 19.1 Å². The minimum Gasteiger partial charge on any atom is -0.480 e. The van der Waals surface area contributed by atoms with Crippen LogP contribution >= 0.6 is 15.9 Å². The number of benzene rings is 1. The Morgan fingerprint density at radius 2 is 2.11 bits per heavy atom. The maximum Gasteiger partial charge on any atom is 0.325 e. The van der Waals surface area contributed by atoms with Crippen LogP contribution in [-0.4, -0.2) is 23.0 Å². The van der Waals surface area contributed by atoms with E-state index in [1.54, 1.807) is 13.0 Å². The molecule has 0 bridgehead atoms. The molecule has 0 saturated carbocycles. The van der Waals surface area contributed by atoms with Crippen molar-refractivity contribution in [2.24, 2.45) is 0 Å². The lowest BCUT2D eigenvalue weighted by atomic mass is 10.1. The molecule has 1 aromatic heterocycles.